The van der Waals surface area contributed by atoms with Gasteiger partial charge < -0.3 is 4.74 Å². The maximum Gasteiger partial charge on any atom is 0.262 e. The maximum atomic E-state index is 12.5. The van der Waals surface area contributed by atoms with Crippen LogP contribution in [0.5, 0.6) is 5.75 Å². The molecule has 0 atom stereocenters. The Kier molecular flexibility index (Phi) is 3.93. The van der Waals surface area contributed by atoms with Gasteiger partial charge in [-0.05, 0) is 30.3 Å². The summed E-state index contributed by atoms with van der Waals surface area (Å²) >= 11 is 1.65. The second-order valence-electron chi connectivity index (χ2n) is 5.60. The van der Waals surface area contributed by atoms with Gasteiger partial charge in [-0.3, -0.25) is 13.8 Å². The Balaban J connectivity index is 1.79. The summed E-state index contributed by atoms with van der Waals surface area (Å²) in [5, 5.41) is 9.18. The fourth-order valence-electron chi connectivity index (χ4n) is 2.82. The summed E-state index contributed by atoms with van der Waals surface area (Å²) in [7, 11) is 3.38. The van der Waals surface area contributed by atoms with Crippen LogP contribution >= 0.6 is 11.8 Å². The standard InChI is InChI=1S/C18H16N4O2S/c1-21-17(23)14-8-3-4-9-15(14)22-16(19-20-18(21)22)11-25-13-7-5-6-12(10-13)24-2/h3-10H,11H2,1-2H3. The Morgan fingerprint density at radius 3 is 2.80 bits per heavy atom. The highest BCUT2D eigenvalue weighted by Crippen LogP contribution is 2.26. The third-order valence-corrected chi connectivity index (χ3v) is 5.09. The summed E-state index contributed by atoms with van der Waals surface area (Å²) in [4.78, 5) is 13.6. The summed E-state index contributed by atoms with van der Waals surface area (Å²) < 4.78 is 8.75. The van der Waals surface area contributed by atoms with Crippen molar-refractivity contribution in [3.8, 4) is 5.75 Å². The SMILES string of the molecule is COc1cccc(SCc2nnc3n(C)c(=O)c4ccccc4n23)c1. The first-order valence-electron chi connectivity index (χ1n) is 7.77. The molecule has 0 fully saturated rings. The van der Waals surface area contributed by atoms with Crippen molar-refractivity contribution in [2.24, 2.45) is 7.05 Å². The first kappa shape index (κ1) is 15.7. The van der Waals surface area contributed by atoms with Crippen molar-refractivity contribution in [1.29, 1.82) is 0 Å². The highest BCUT2D eigenvalue weighted by atomic mass is 32.2. The molecule has 0 saturated heterocycles. The number of rotatable bonds is 4. The van der Waals surface area contributed by atoms with E-state index in [0.717, 1.165) is 22.0 Å². The van der Waals surface area contributed by atoms with Crippen molar-refractivity contribution < 1.29 is 4.74 Å². The van der Waals surface area contributed by atoms with E-state index < -0.39 is 0 Å². The van der Waals surface area contributed by atoms with Gasteiger partial charge in [-0.2, -0.15) is 0 Å². The van der Waals surface area contributed by atoms with Crippen LogP contribution in [-0.4, -0.2) is 26.3 Å². The quantitative estimate of drug-likeness (QED) is 0.529. The molecule has 0 aliphatic carbocycles. The van der Waals surface area contributed by atoms with Gasteiger partial charge in [0.25, 0.3) is 5.56 Å². The number of fused-ring (bicyclic) bond motifs is 3. The summed E-state index contributed by atoms with van der Waals surface area (Å²) in [5.41, 5.74) is 0.759. The second kappa shape index (κ2) is 6.25. The molecule has 0 aliphatic heterocycles. The lowest BCUT2D eigenvalue weighted by molar-refractivity contribution is 0.413. The monoisotopic (exact) mass is 352 g/mol. The number of methoxy groups -OCH3 is 1. The van der Waals surface area contributed by atoms with E-state index in [-0.39, 0.29) is 5.56 Å². The van der Waals surface area contributed by atoms with Crippen LogP contribution < -0.4 is 10.3 Å². The van der Waals surface area contributed by atoms with Crippen LogP contribution in [0.15, 0.2) is 58.2 Å². The minimum atomic E-state index is -0.0671. The number of ether oxygens (including phenoxy) is 1. The van der Waals surface area contributed by atoms with Crippen LogP contribution in [-0.2, 0) is 12.8 Å². The van der Waals surface area contributed by atoms with Crippen LogP contribution in [0.2, 0.25) is 0 Å². The largest absolute Gasteiger partial charge is 0.497 e. The van der Waals surface area contributed by atoms with Crippen molar-refractivity contribution in [1.82, 2.24) is 19.2 Å². The molecule has 0 unspecified atom stereocenters. The Hall–Kier alpha value is -2.80. The number of benzene rings is 2. The Labute approximate surface area is 148 Å². The van der Waals surface area contributed by atoms with Crippen molar-refractivity contribution in [2.75, 3.05) is 7.11 Å². The predicted molar refractivity (Wildman–Crippen MR) is 98.3 cm³/mol. The smallest absolute Gasteiger partial charge is 0.262 e. The number of nitrogens with zero attached hydrogens (tertiary/aromatic N) is 4. The molecular weight excluding hydrogens is 336 g/mol. The van der Waals surface area contributed by atoms with Crippen molar-refractivity contribution in [3.05, 3.63) is 64.7 Å². The number of thioether (sulfide) groups is 1. The van der Waals surface area contributed by atoms with E-state index in [1.54, 1.807) is 25.9 Å². The Bertz CT molecular complexity index is 1130. The van der Waals surface area contributed by atoms with E-state index in [0.29, 0.717) is 16.9 Å². The molecule has 4 aromatic rings. The summed E-state index contributed by atoms with van der Waals surface area (Å²) in [6, 6.07) is 15.4. The van der Waals surface area contributed by atoms with Gasteiger partial charge in [0.15, 0.2) is 0 Å². The van der Waals surface area contributed by atoms with Gasteiger partial charge in [0, 0.05) is 11.9 Å². The molecule has 0 amide bonds. The highest BCUT2D eigenvalue weighted by Gasteiger charge is 2.14. The van der Waals surface area contributed by atoms with Crippen LogP contribution in [0.4, 0.5) is 0 Å². The molecule has 25 heavy (non-hydrogen) atoms. The number of hydrogen-bond donors (Lipinski definition) is 0. The van der Waals surface area contributed by atoms with Gasteiger partial charge in [-0.25, -0.2) is 0 Å². The average Bonchev–Trinajstić information content (AvgIpc) is 3.09. The lowest BCUT2D eigenvalue weighted by atomic mass is 10.2. The second-order valence-corrected chi connectivity index (χ2v) is 6.65. The Morgan fingerprint density at radius 2 is 1.96 bits per heavy atom. The third-order valence-electron chi connectivity index (χ3n) is 4.10. The van der Waals surface area contributed by atoms with Crippen molar-refractivity contribution in [2.45, 2.75) is 10.6 Å². The molecule has 126 valence electrons. The van der Waals surface area contributed by atoms with Crippen molar-refractivity contribution >= 4 is 28.4 Å². The number of aromatic nitrogens is 4. The van der Waals surface area contributed by atoms with Gasteiger partial charge >= 0.3 is 0 Å². The highest BCUT2D eigenvalue weighted by molar-refractivity contribution is 7.98. The molecule has 6 nitrogen and oxygen atoms in total. The van der Waals surface area contributed by atoms with Crippen LogP contribution in [0, 0.1) is 0 Å². The molecule has 0 radical (unpaired) electrons. The van der Waals surface area contributed by atoms with Crippen LogP contribution in [0.1, 0.15) is 5.82 Å². The maximum absolute atomic E-state index is 12.5. The normalized spacial score (nSPS) is 11.3. The lowest BCUT2D eigenvalue weighted by Crippen LogP contribution is -2.20. The molecule has 2 aromatic heterocycles. The molecule has 0 bridgehead atoms. The molecule has 0 aliphatic rings. The molecule has 2 heterocycles. The van der Waals surface area contributed by atoms with Gasteiger partial charge in [-0.1, -0.05) is 18.2 Å². The average molecular weight is 352 g/mol. The van der Waals surface area contributed by atoms with E-state index in [9.17, 15) is 4.79 Å². The Morgan fingerprint density at radius 1 is 1.12 bits per heavy atom. The topological polar surface area (TPSA) is 61.4 Å². The molecule has 2 aromatic carbocycles. The van der Waals surface area contributed by atoms with Crippen molar-refractivity contribution in [3.63, 3.8) is 0 Å². The van der Waals surface area contributed by atoms with Gasteiger partial charge in [0.05, 0.1) is 23.8 Å². The predicted octanol–water partition coefficient (Wildman–Crippen LogP) is 2.88. The minimum absolute atomic E-state index is 0.0671. The van der Waals surface area contributed by atoms with E-state index in [1.807, 2.05) is 52.9 Å². The lowest BCUT2D eigenvalue weighted by Gasteiger charge is -2.08. The number of para-hydroxylation sites is 1. The van der Waals surface area contributed by atoms with Gasteiger partial charge in [0.2, 0.25) is 5.78 Å². The zero-order chi connectivity index (χ0) is 17.4. The number of hydrogen-bond acceptors (Lipinski definition) is 5. The number of aryl methyl sites for hydroxylation is 1. The summed E-state index contributed by atoms with van der Waals surface area (Å²) in [6.07, 6.45) is 0. The fraction of sp³-hybridized carbons (Fsp3) is 0.167. The first-order chi connectivity index (χ1) is 12.2. The molecule has 4 rings (SSSR count). The van der Waals surface area contributed by atoms with E-state index in [2.05, 4.69) is 10.2 Å². The molecule has 0 spiro atoms. The van der Waals surface area contributed by atoms with E-state index in [1.165, 1.54) is 4.57 Å². The minimum Gasteiger partial charge on any atom is -0.497 e. The van der Waals surface area contributed by atoms with E-state index in [4.69, 9.17) is 4.74 Å². The zero-order valence-electron chi connectivity index (χ0n) is 13.8. The third kappa shape index (κ3) is 2.66. The summed E-state index contributed by atoms with van der Waals surface area (Å²) in [6.45, 7) is 0. The molecule has 0 N–H and O–H groups in total. The molecule has 0 saturated carbocycles. The molecule has 7 heteroatoms. The fourth-order valence-corrected chi connectivity index (χ4v) is 3.68. The van der Waals surface area contributed by atoms with Crippen LogP contribution in [0.3, 0.4) is 0 Å². The van der Waals surface area contributed by atoms with Crippen LogP contribution in [0.25, 0.3) is 16.7 Å². The van der Waals surface area contributed by atoms with Gasteiger partial charge in [-0.15, -0.1) is 22.0 Å². The molecular formula is C18H16N4O2S. The zero-order valence-corrected chi connectivity index (χ0v) is 14.7. The van der Waals surface area contributed by atoms with E-state index >= 15 is 0 Å². The summed E-state index contributed by atoms with van der Waals surface area (Å²) in [5.74, 6) is 2.81. The van der Waals surface area contributed by atoms with Gasteiger partial charge in [0.1, 0.15) is 11.6 Å². The first-order valence-corrected chi connectivity index (χ1v) is 8.76.